The zero-order valence-electron chi connectivity index (χ0n) is 12.5. The van der Waals surface area contributed by atoms with E-state index in [2.05, 4.69) is 9.97 Å². The van der Waals surface area contributed by atoms with E-state index in [-0.39, 0.29) is 41.0 Å². The van der Waals surface area contributed by atoms with Crippen molar-refractivity contribution < 1.29 is 27.4 Å². The lowest BCUT2D eigenvalue weighted by Gasteiger charge is -2.25. The molecule has 0 N–H and O–H groups in total. The number of Topliss-reactive ketones (excluding diaryl/α,β-unsaturated/α-hetero) is 1. The Morgan fingerprint density at radius 3 is 2.88 bits per heavy atom. The molecule has 2 fully saturated rings. The van der Waals surface area contributed by atoms with Crippen molar-refractivity contribution in [3.8, 4) is 10.6 Å². The van der Waals surface area contributed by atoms with Crippen molar-refractivity contribution in [3.63, 3.8) is 0 Å². The van der Waals surface area contributed by atoms with E-state index in [4.69, 9.17) is 9.47 Å². The van der Waals surface area contributed by atoms with Crippen LogP contribution in [0.5, 0.6) is 0 Å². The lowest BCUT2D eigenvalue weighted by molar-refractivity contribution is -0.151. The number of rotatable bonds is 3. The standard InChI is InChI=1S/C15H11F3N2O3S2/c16-15(17,18)12-4-7(10-2-1-3-24-10)19-14(20-12)25-11-5-8(21)13-22-6-9(11)23-13/h1-4,9,11,13H,5-6H2/t9-,11+,13-/m1/s1. The Hall–Kier alpha value is -1.49. The molecule has 0 radical (unpaired) electrons. The first-order valence-electron chi connectivity index (χ1n) is 7.37. The molecular formula is C15H11F3N2O3S2. The Labute approximate surface area is 148 Å². The van der Waals surface area contributed by atoms with Gasteiger partial charge in [0.2, 0.25) is 6.29 Å². The number of hydrogen-bond acceptors (Lipinski definition) is 7. The summed E-state index contributed by atoms with van der Waals surface area (Å²) in [5.41, 5.74) is -0.791. The predicted molar refractivity (Wildman–Crippen MR) is 84.2 cm³/mol. The summed E-state index contributed by atoms with van der Waals surface area (Å²) in [5.74, 6) is -0.211. The van der Waals surface area contributed by atoms with Crippen LogP contribution in [0.3, 0.4) is 0 Å². The molecule has 4 heterocycles. The molecule has 0 unspecified atom stereocenters. The molecule has 2 saturated heterocycles. The molecule has 3 atom stereocenters. The number of alkyl halides is 3. The van der Waals surface area contributed by atoms with Gasteiger partial charge in [0.15, 0.2) is 10.9 Å². The van der Waals surface area contributed by atoms with Crippen LogP contribution in [0, 0.1) is 0 Å². The number of aromatic nitrogens is 2. The summed E-state index contributed by atoms with van der Waals surface area (Å²) in [6.45, 7) is 0.241. The Balaban J connectivity index is 1.66. The monoisotopic (exact) mass is 388 g/mol. The van der Waals surface area contributed by atoms with Crippen LogP contribution in [0.2, 0.25) is 0 Å². The number of fused-ring (bicyclic) bond motifs is 2. The number of ether oxygens (including phenoxy) is 2. The highest BCUT2D eigenvalue weighted by atomic mass is 32.2. The van der Waals surface area contributed by atoms with Crippen LogP contribution in [-0.4, -0.2) is 40.0 Å². The summed E-state index contributed by atoms with van der Waals surface area (Å²) in [7, 11) is 0. The van der Waals surface area contributed by atoms with E-state index in [1.807, 2.05) is 0 Å². The minimum absolute atomic E-state index is 0.0232. The smallest absolute Gasteiger partial charge is 0.343 e. The fourth-order valence-corrected chi connectivity index (χ4v) is 4.44. The van der Waals surface area contributed by atoms with E-state index >= 15 is 0 Å². The Bertz CT molecular complexity index is 798. The van der Waals surface area contributed by atoms with Crippen LogP contribution in [0.4, 0.5) is 13.2 Å². The summed E-state index contributed by atoms with van der Waals surface area (Å²) in [6, 6.07) is 4.38. The summed E-state index contributed by atoms with van der Waals surface area (Å²) in [5, 5.41) is 1.37. The highest BCUT2D eigenvalue weighted by Crippen LogP contribution is 2.38. The number of hydrogen-bond donors (Lipinski definition) is 0. The number of carbonyl (C=O) groups is 1. The first-order valence-corrected chi connectivity index (χ1v) is 9.12. The van der Waals surface area contributed by atoms with Gasteiger partial charge in [-0.05, 0) is 17.5 Å². The highest BCUT2D eigenvalue weighted by molar-refractivity contribution is 7.99. The van der Waals surface area contributed by atoms with Crippen molar-refractivity contribution in [1.82, 2.24) is 9.97 Å². The Morgan fingerprint density at radius 2 is 2.16 bits per heavy atom. The quantitative estimate of drug-likeness (QED) is 0.751. The van der Waals surface area contributed by atoms with Crippen LogP contribution < -0.4 is 0 Å². The number of thiophene rings is 1. The van der Waals surface area contributed by atoms with Crippen molar-refractivity contribution in [2.24, 2.45) is 0 Å². The van der Waals surface area contributed by atoms with Crippen LogP contribution in [0.25, 0.3) is 10.6 Å². The lowest BCUT2D eigenvalue weighted by Crippen LogP contribution is -2.37. The summed E-state index contributed by atoms with van der Waals surface area (Å²) in [6.07, 6.45) is -5.61. The van der Waals surface area contributed by atoms with Crippen LogP contribution in [-0.2, 0) is 20.4 Å². The van der Waals surface area contributed by atoms with Gasteiger partial charge in [0.1, 0.15) is 5.69 Å². The normalized spacial score (nSPS) is 26.2. The van der Waals surface area contributed by atoms with Crippen LogP contribution in [0.15, 0.2) is 28.7 Å². The second-order valence-corrected chi connectivity index (χ2v) is 7.72. The summed E-state index contributed by atoms with van der Waals surface area (Å²) >= 11 is 2.32. The average molecular weight is 388 g/mol. The molecule has 2 bridgehead atoms. The third-order valence-electron chi connectivity index (χ3n) is 3.82. The molecule has 2 aliphatic heterocycles. The maximum atomic E-state index is 13.2. The van der Waals surface area contributed by atoms with Gasteiger partial charge in [-0.3, -0.25) is 4.79 Å². The number of nitrogens with zero attached hydrogens (tertiary/aromatic N) is 2. The van der Waals surface area contributed by atoms with Gasteiger partial charge in [-0.2, -0.15) is 13.2 Å². The van der Waals surface area contributed by atoms with Gasteiger partial charge in [-0.1, -0.05) is 17.8 Å². The largest absolute Gasteiger partial charge is 0.433 e. The fourth-order valence-electron chi connectivity index (χ4n) is 2.64. The summed E-state index contributed by atoms with van der Waals surface area (Å²) < 4.78 is 50.2. The molecule has 2 aliphatic rings. The molecular weight excluding hydrogens is 377 g/mol. The molecule has 5 nitrogen and oxygen atoms in total. The van der Waals surface area contributed by atoms with Crippen molar-refractivity contribution in [3.05, 3.63) is 29.3 Å². The molecule has 0 aromatic carbocycles. The molecule has 132 valence electrons. The zero-order chi connectivity index (χ0) is 17.6. The molecule has 0 spiro atoms. The third kappa shape index (κ3) is 3.43. The van der Waals surface area contributed by atoms with Gasteiger partial charge in [-0.25, -0.2) is 9.97 Å². The second kappa shape index (κ2) is 6.35. The average Bonchev–Trinajstić information content (AvgIpc) is 3.23. The van der Waals surface area contributed by atoms with Gasteiger partial charge in [-0.15, -0.1) is 11.3 Å². The highest BCUT2D eigenvalue weighted by Gasteiger charge is 2.44. The van der Waals surface area contributed by atoms with Gasteiger partial charge in [0.25, 0.3) is 0 Å². The topological polar surface area (TPSA) is 61.3 Å². The van der Waals surface area contributed by atoms with Crippen molar-refractivity contribution >= 4 is 28.9 Å². The van der Waals surface area contributed by atoms with Gasteiger partial charge >= 0.3 is 6.18 Å². The molecule has 10 heteroatoms. The van der Waals surface area contributed by atoms with Crippen LogP contribution >= 0.6 is 23.1 Å². The maximum Gasteiger partial charge on any atom is 0.433 e. The molecule has 0 aliphatic carbocycles. The SMILES string of the molecule is O=C1C[C@H](Sc2nc(-c3cccs3)cc(C(F)(F)F)n2)[C@H]2CO[C@@H]1O2. The van der Waals surface area contributed by atoms with Crippen LogP contribution in [0.1, 0.15) is 12.1 Å². The van der Waals surface area contributed by atoms with Gasteiger partial charge < -0.3 is 9.47 Å². The predicted octanol–water partition coefficient (Wildman–Crippen LogP) is 3.40. The molecule has 0 saturated carbocycles. The van der Waals surface area contributed by atoms with Crippen molar-refractivity contribution in [1.29, 1.82) is 0 Å². The molecule has 4 rings (SSSR count). The number of ketones is 1. The Morgan fingerprint density at radius 1 is 1.32 bits per heavy atom. The number of halogens is 3. The van der Waals surface area contributed by atoms with E-state index in [1.165, 1.54) is 11.3 Å². The Kier molecular flexibility index (Phi) is 4.30. The first-order chi connectivity index (χ1) is 11.9. The third-order valence-corrected chi connectivity index (χ3v) is 5.88. The molecule has 2 aromatic rings. The zero-order valence-corrected chi connectivity index (χ0v) is 14.2. The van der Waals surface area contributed by atoms with Gasteiger partial charge in [0.05, 0.1) is 23.3 Å². The lowest BCUT2D eigenvalue weighted by atomic mass is 10.1. The number of carbonyl (C=O) groups excluding carboxylic acids is 1. The maximum absolute atomic E-state index is 13.2. The minimum atomic E-state index is -4.58. The van der Waals surface area contributed by atoms with E-state index in [0.29, 0.717) is 4.88 Å². The molecule has 2 aromatic heterocycles. The molecule has 0 amide bonds. The van der Waals surface area contributed by atoms with E-state index in [1.54, 1.807) is 17.5 Å². The fraction of sp³-hybridized carbons (Fsp3) is 0.400. The van der Waals surface area contributed by atoms with E-state index < -0.39 is 18.2 Å². The van der Waals surface area contributed by atoms with Crippen molar-refractivity contribution in [2.75, 3.05) is 6.61 Å². The van der Waals surface area contributed by atoms with E-state index in [0.717, 1.165) is 17.8 Å². The van der Waals surface area contributed by atoms with Gasteiger partial charge in [0, 0.05) is 11.7 Å². The second-order valence-electron chi connectivity index (χ2n) is 5.56. The number of thioether (sulfide) groups is 1. The summed E-state index contributed by atoms with van der Waals surface area (Å²) in [4.78, 5) is 20.4. The molecule has 25 heavy (non-hydrogen) atoms. The first kappa shape index (κ1) is 17.0. The minimum Gasteiger partial charge on any atom is -0.343 e. The van der Waals surface area contributed by atoms with Crippen molar-refractivity contribution in [2.45, 2.75) is 35.4 Å². The van der Waals surface area contributed by atoms with E-state index in [9.17, 15) is 18.0 Å².